The van der Waals surface area contributed by atoms with Crippen LogP contribution >= 0.6 is 11.3 Å². The van der Waals surface area contributed by atoms with Crippen LogP contribution in [-0.4, -0.2) is 31.4 Å². The molecule has 1 heterocycles. The van der Waals surface area contributed by atoms with Crippen LogP contribution in [0.4, 0.5) is 27.8 Å². The van der Waals surface area contributed by atoms with Gasteiger partial charge in [-0.15, -0.1) is 11.3 Å². The molecule has 0 radical (unpaired) electrons. The minimum absolute atomic E-state index is 0.650. The predicted octanol–water partition coefficient (Wildman–Crippen LogP) is 10.1. The summed E-state index contributed by atoms with van der Waals surface area (Å²) in [6.45, 7) is 8.13. The van der Waals surface area contributed by atoms with Crippen LogP contribution in [0.15, 0.2) is 145 Å². The first kappa shape index (κ1) is 28.7. The van der Waals surface area contributed by atoms with Crippen molar-refractivity contribution in [3.63, 3.8) is 0 Å². The second kappa shape index (κ2) is 12.8. The van der Waals surface area contributed by atoms with E-state index in [1.165, 1.54) is 0 Å². The van der Waals surface area contributed by atoms with Crippen LogP contribution in [0.1, 0.15) is 10.4 Å². The van der Waals surface area contributed by atoms with Crippen molar-refractivity contribution in [3.8, 4) is 11.1 Å². The van der Waals surface area contributed by atoms with Crippen LogP contribution in [0.25, 0.3) is 21.5 Å². The third-order valence-corrected chi connectivity index (χ3v) is 9.10. The number of benzene rings is 4. The highest BCUT2D eigenvalue weighted by atomic mass is 32.1. The first-order valence-electron chi connectivity index (χ1n) is 14.5. The van der Waals surface area contributed by atoms with E-state index in [0.29, 0.717) is 5.69 Å². The SMILES string of the molecule is [C-]#[N+]c1c(NC)sc(C(=C2C=CC(=[N+](C)c3ccccc3)C=C2)c2ccc(N(C)c3ccccc3)cc2)c1-c1ccccc1. The number of hydrogen-bond acceptors (Lipinski definition) is 3. The molecule has 44 heavy (non-hydrogen) atoms. The molecule has 0 amide bonds. The number of rotatable bonds is 7. The van der Waals surface area contributed by atoms with Gasteiger partial charge in [0.05, 0.1) is 11.6 Å². The van der Waals surface area contributed by atoms with Gasteiger partial charge in [-0.1, -0.05) is 78.9 Å². The standard InChI is InChI=1S/C39H32N4S/c1-40-37-36(28-14-8-5-9-15-28)38(44-39(37)41-2)35(29-20-24-33(25-21-29)42(3)31-16-10-6-11-17-31)30-22-26-34(27-23-30)43(4)32-18-12-7-13-19-32/h5-27H,2-4H3/p+1. The highest BCUT2D eigenvalue weighted by Gasteiger charge is 2.25. The molecule has 0 atom stereocenters. The van der Waals surface area contributed by atoms with Crippen molar-refractivity contribution >= 4 is 50.4 Å². The lowest BCUT2D eigenvalue weighted by molar-refractivity contribution is -0.403. The molecule has 6 rings (SSSR count). The van der Waals surface area contributed by atoms with Gasteiger partial charge in [0.15, 0.2) is 0 Å². The summed E-state index contributed by atoms with van der Waals surface area (Å²) in [7, 11) is 6.07. The maximum Gasteiger partial charge on any atom is 0.228 e. The van der Waals surface area contributed by atoms with Gasteiger partial charge in [-0.25, -0.2) is 4.85 Å². The summed E-state index contributed by atoms with van der Waals surface area (Å²) in [5.41, 5.74) is 10.4. The summed E-state index contributed by atoms with van der Waals surface area (Å²) in [5, 5.41) is 4.17. The lowest BCUT2D eigenvalue weighted by Gasteiger charge is -2.20. The molecular weight excluding hydrogens is 557 g/mol. The van der Waals surface area contributed by atoms with Crippen molar-refractivity contribution in [3.05, 3.63) is 167 Å². The fraction of sp³-hybridized carbons (Fsp3) is 0.0769. The van der Waals surface area contributed by atoms with E-state index < -0.39 is 0 Å². The van der Waals surface area contributed by atoms with Crippen molar-refractivity contribution in [2.75, 3.05) is 31.4 Å². The lowest BCUT2D eigenvalue weighted by atomic mass is 9.91. The summed E-state index contributed by atoms with van der Waals surface area (Å²) in [5.74, 6) is 0. The van der Waals surface area contributed by atoms with E-state index >= 15 is 0 Å². The quantitative estimate of drug-likeness (QED) is 0.151. The topological polar surface area (TPSA) is 22.6 Å². The molecule has 1 N–H and O–H groups in total. The Bertz CT molecular complexity index is 1920. The maximum atomic E-state index is 8.13. The average molecular weight is 590 g/mol. The van der Waals surface area contributed by atoms with E-state index in [1.54, 1.807) is 11.3 Å². The van der Waals surface area contributed by atoms with Crippen molar-refractivity contribution in [2.24, 2.45) is 0 Å². The molecule has 0 bridgehead atoms. The molecule has 4 aromatic carbocycles. The summed E-state index contributed by atoms with van der Waals surface area (Å²) in [4.78, 5) is 7.28. The van der Waals surface area contributed by atoms with Crippen molar-refractivity contribution in [1.82, 2.24) is 0 Å². The monoisotopic (exact) mass is 589 g/mol. The molecule has 5 aromatic rings. The smallest absolute Gasteiger partial charge is 0.228 e. The normalized spacial score (nSPS) is 12.1. The van der Waals surface area contributed by atoms with Gasteiger partial charge in [-0.05, 0) is 53.1 Å². The molecule has 1 aromatic heterocycles. The van der Waals surface area contributed by atoms with E-state index in [0.717, 1.165) is 60.5 Å². The third kappa shape index (κ3) is 5.64. The number of para-hydroxylation sites is 2. The van der Waals surface area contributed by atoms with Crippen molar-refractivity contribution in [2.45, 2.75) is 0 Å². The Labute approximate surface area is 263 Å². The number of anilines is 3. The molecule has 0 unspecified atom stereocenters. The third-order valence-electron chi connectivity index (χ3n) is 7.88. The van der Waals surface area contributed by atoms with Gasteiger partial charge in [0.25, 0.3) is 0 Å². The summed E-state index contributed by atoms with van der Waals surface area (Å²) >= 11 is 1.64. The first-order valence-corrected chi connectivity index (χ1v) is 15.3. The number of nitrogens with zero attached hydrogens (tertiary/aromatic N) is 3. The van der Waals surface area contributed by atoms with Crippen molar-refractivity contribution < 1.29 is 4.58 Å². The van der Waals surface area contributed by atoms with Gasteiger partial charge >= 0.3 is 0 Å². The minimum Gasteiger partial charge on any atom is -0.389 e. The van der Waals surface area contributed by atoms with Gasteiger partial charge in [0, 0.05) is 65.8 Å². The Morgan fingerprint density at radius 2 is 1.32 bits per heavy atom. The number of nitrogens with one attached hydrogen (secondary N) is 1. The van der Waals surface area contributed by atoms with Crippen LogP contribution < -0.4 is 10.2 Å². The molecule has 0 fully saturated rings. The van der Waals surface area contributed by atoms with Gasteiger partial charge in [0.1, 0.15) is 7.05 Å². The zero-order valence-corrected chi connectivity index (χ0v) is 25.8. The summed E-state index contributed by atoms with van der Waals surface area (Å²) < 4.78 is 2.19. The zero-order valence-electron chi connectivity index (χ0n) is 25.0. The van der Waals surface area contributed by atoms with Gasteiger partial charge in [-0.3, -0.25) is 0 Å². The molecule has 214 valence electrons. The van der Waals surface area contributed by atoms with Crippen LogP contribution in [-0.2, 0) is 0 Å². The van der Waals surface area contributed by atoms with Gasteiger partial charge < -0.3 is 10.2 Å². The Kier molecular flexibility index (Phi) is 8.36. The zero-order chi connectivity index (χ0) is 30.5. The molecule has 0 aliphatic heterocycles. The molecule has 0 saturated heterocycles. The van der Waals surface area contributed by atoms with E-state index in [9.17, 15) is 0 Å². The largest absolute Gasteiger partial charge is 0.389 e. The van der Waals surface area contributed by atoms with Crippen molar-refractivity contribution in [1.29, 1.82) is 0 Å². The Morgan fingerprint density at radius 3 is 1.91 bits per heavy atom. The van der Waals surface area contributed by atoms with Gasteiger partial charge in [0.2, 0.25) is 17.1 Å². The molecule has 4 nitrogen and oxygen atoms in total. The molecule has 1 aliphatic rings. The maximum absolute atomic E-state index is 8.13. The highest BCUT2D eigenvalue weighted by molar-refractivity contribution is 7.18. The second-order valence-electron chi connectivity index (χ2n) is 10.5. The number of hydrogen-bond donors (Lipinski definition) is 1. The summed E-state index contributed by atoms with van der Waals surface area (Å²) in [6.07, 6.45) is 8.73. The predicted molar refractivity (Wildman–Crippen MR) is 188 cm³/mol. The van der Waals surface area contributed by atoms with Gasteiger partial charge in [-0.2, -0.15) is 4.58 Å². The van der Waals surface area contributed by atoms with E-state index in [4.69, 9.17) is 6.57 Å². The molecule has 1 aliphatic carbocycles. The van der Waals surface area contributed by atoms with Crippen LogP contribution in [0, 0.1) is 6.57 Å². The number of allylic oxidation sites excluding steroid dienone is 5. The van der Waals surface area contributed by atoms with E-state index in [1.807, 2.05) is 37.4 Å². The Balaban J connectivity index is 1.53. The number of thiophene rings is 1. The van der Waals surface area contributed by atoms with Crippen LogP contribution in [0.2, 0.25) is 0 Å². The summed E-state index contributed by atoms with van der Waals surface area (Å²) in [6, 6.07) is 39.7. The molecule has 0 saturated carbocycles. The molecule has 5 heteroatoms. The van der Waals surface area contributed by atoms with Crippen LogP contribution in [0.3, 0.4) is 0 Å². The first-order chi connectivity index (χ1) is 21.6. The fourth-order valence-corrected chi connectivity index (χ4v) is 6.69. The minimum atomic E-state index is 0.650. The Morgan fingerprint density at radius 1 is 0.750 bits per heavy atom. The highest BCUT2D eigenvalue weighted by Crippen LogP contribution is 2.51. The average Bonchev–Trinajstić information content (AvgIpc) is 3.47. The Hall–Kier alpha value is -5.44. The fourth-order valence-electron chi connectivity index (χ4n) is 5.48. The van der Waals surface area contributed by atoms with E-state index in [-0.39, 0.29) is 0 Å². The second-order valence-corrected chi connectivity index (χ2v) is 11.5. The molecular formula is C39H33N4S+. The lowest BCUT2D eigenvalue weighted by Crippen LogP contribution is -2.10. The molecule has 0 spiro atoms. The van der Waals surface area contributed by atoms with Crippen LogP contribution in [0.5, 0.6) is 0 Å². The van der Waals surface area contributed by atoms with E-state index in [2.05, 4.69) is 143 Å².